The Bertz CT molecular complexity index is 760. The summed E-state index contributed by atoms with van der Waals surface area (Å²) in [7, 11) is -2.43. The average Bonchev–Trinajstić information content (AvgIpc) is 2.48. The van der Waals surface area contributed by atoms with Crippen molar-refractivity contribution in [2.24, 2.45) is 0 Å². The van der Waals surface area contributed by atoms with Gasteiger partial charge in [0.2, 0.25) is 16.0 Å². The van der Waals surface area contributed by atoms with Crippen LogP contribution >= 0.6 is 0 Å². The molecule has 1 heterocycles. The molecule has 2 N–H and O–H groups in total. The van der Waals surface area contributed by atoms with E-state index in [0.717, 1.165) is 12.3 Å². The summed E-state index contributed by atoms with van der Waals surface area (Å²) in [6, 6.07) is 8.26. The summed E-state index contributed by atoms with van der Waals surface area (Å²) in [6.45, 7) is 0. The van der Waals surface area contributed by atoms with E-state index < -0.39 is 21.9 Å². The number of amides is 1. The van der Waals surface area contributed by atoms with Crippen molar-refractivity contribution < 1.29 is 17.6 Å². The molecule has 0 aliphatic rings. The smallest absolute Gasteiger partial charge is 0.257 e. The van der Waals surface area contributed by atoms with Crippen molar-refractivity contribution in [3.63, 3.8) is 0 Å². The molecule has 0 aliphatic heterocycles. The molecule has 0 saturated carbocycles. The van der Waals surface area contributed by atoms with E-state index in [0.29, 0.717) is 0 Å². The number of nitrogens with one attached hydrogen (secondary N) is 2. The zero-order valence-electron chi connectivity index (χ0n) is 11.0. The van der Waals surface area contributed by atoms with Gasteiger partial charge in [0, 0.05) is 6.20 Å². The van der Waals surface area contributed by atoms with Gasteiger partial charge in [0.25, 0.3) is 5.91 Å². The summed E-state index contributed by atoms with van der Waals surface area (Å²) >= 11 is 0. The van der Waals surface area contributed by atoms with Crippen LogP contribution in [0.15, 0.2) is 47.5 Å². The summed E-state index contributed by atoms with van der Waals surface area (Å²) in [4.78, 5) is 15.3. The van der Waals surface area contributed by atoms with E-state index in [9.17, 15) is 17.6 Å². The molecule has 110 valence electrons. The van der Waals surface area contributed by atoms with Gasteiger partial charge in [-0.3, -0.25) is 4.79 Å². The third-order valence-electron chi connectivity index (χ3n) is 2.68. The van der Waals surface area contributed by atoms with E-state index in [4.69, 9.17) is 0 Å². The van der Waals surface area contributed by atoms with Gasteiger partial charge in [-0.25, -0.2) is 18.1 Å². The van der Waals surface area contributed by atoms with Crippen molar-refractivity contribution in [3.05, 3.63) is 54.1 Å². The maximum Gasteiger partial charge on any atom is 0.257 e. The molecule has 0 fully saturated rings. The molecule has 0 saturated heterocycles. The molecule has 0 radical (unpaired) electrons. The lowest BCUT2D eigenvalue weighted by molar-refractivity contribution is 0.102. The predicted molar refractivity (Wildman–Crippen MR) is 74.8 cm³/mol. The number of anilines is 1. The Morgan fingerprint density at radius 1 is 1.19 bits per heavy atom. The Morgan fingerprint density at radius 3 is 2.52 bits per heavy atom. The molecule has 2 aromatic rings. The monoisotopic (exact) mass is 309 g/mol. The van der Waals surface area contributed by atoms with Crippen molar-refractivity contribution in [1.82, 2.24) is 9.71 Å². The normalized spacial score (nSPS) is 11.1. The second-order valence-corrected chi connectivity index (χ2v) is 5.88. The summed E-state index contributed by atoms with van der Waals surface area (Å²) in [5.41, 5.74) is 0.245. The first kappa shape index (κ1) is 15.1. The van der Waals surface area contributed by atoms with E-state index in [1.165, 1.54) is 25.2 Å². The summed E-state index contributed by atoms with van der Waals surface area (Å²) < 4.78 is 38.6. The molecule has 1 aromatic carbocycles. The molecular weight excluding hydrogens is 297 g/mol. The Balaban J connectivity index is 2.32. The zero-order valence-corrected chi connectivity index (χ0v) is 11.8. The zero-order chi connectivity index (χ0) is 15.5. The highest BCUT2D eigenvalue weighted by atomic mass is 32.2. The van der Waals surface area contributed by atoms with Gasteiger partial charge < -0.3 is 5.32 Å². The number of aromatic nitrogens is 1. The van der Waals surface area contributed by atoms with Crippen molar-refractivity contribution >= 4 is 21.6 Å². The number of para-hydroxylation sites is 1. The maximum absolute atomic E-state index is 12.7. The molecule has 0 aliphatic carbocycles. The Kier molecular flexibility index (Phi) is 4.29. The van der Waals surface area contributed by atoms with Crippen LogP contribution in [-0.4, -0.2) is 26.4 Å². The van der Waals surface area contributed by atoms with Crippen LogP contribution in [0.1, 0.15) is 10.4 Å². The van der Waals surface area contributed by atoms with Gasteiger partial charge in [0.15, 0.2) is 0 Å². The molecule has 1 amide bonds. The van der Waals surface area contributed by atoms with E-state index >= 15 is 0 Å². The van der Waals surface area contributed by atoms with Gasteiger partial charge in [-0.05, 0) is 31.3 Å². The lowest BCUT2D eigenvalue weighted by Gasteiger charge is -2.10. The maximum atomic E-state index is 12.7. The van der Waals surface area contributed by atoms with Crippen LogP contribution in [0.3, 0.4) is 0 Å². The quantitative estimate of drug-likeness (QED) is 0.835. The third kappa shape index (κ3) is 3.41. The number of halogens is 1. The highest BCUT2D eigenvalue weighted by molar-refractivity contribution is 7.89. The fourth-order valence-electron chi connectivity index (χ4n) is 1.62. The molecular formula is C13H12FN3O3S. The molecule has 2 rings (SSSR count). The molecule has 8 heteroatoms. The second-order valence-electron chi connectivity index (χ2n) is 4.03. The standard InChI is InChI=1S/C13H12FN3O3S/c1-15-21(19,20)11-5-3-2-4-10(11)17-13(18)9-6-7-12(14)16-8-9/h2-8,15H,1H3,(H,17,18). The van der Waals surface area contributed by atoms with Gasteiger partial charge >= 0.3 is 0 Å². The average molecular weight is 309 g/mol. The van der Waals surface area contributed by atoms with Gasteiger partial charge in [-0.2, -0.15) is 4.39 Å². The highest BCUT2D eigenvalue weighted by Crippen LogP contribution is 2.21. The molecule has 0 spiro atoms. The molecule has 21 heavy (non-hydrogen) atoms. The topological polar surface area (TPSA) is 88.2 Å². The fraction of sp³-hybridized carbons (Fsp3) is 0.0769. The Labute approximate surface area is 121 Å². The summed E-state index contributed by atoms with van der Waals surface area (Å²) in [6.07, 6.45) is 1.07. The van der Waals surface area contributed by atoms with Gasteiger partial charge in [-0.1, -0.05) is 12.1 Å². The number of pyridine rings is 1. The first-order valence-electron chi connectivity index (χ1n) is 5.89. The van der Waals surface area contributed by atoms with Crippen LogP contribution < -0.4 is 10.0 Å². The van der Waals surface area contributed by atoms with Crippen molar-refractivity contribution in [1.29, 1.82) is 0 Å². The van der Waals surface area contributed by atoms with E-state index in [1.807, 2.05) is 0 Å². The SMILES string of the molecule is CNS(=O)(=O)c1ccccc1NC(=O)c1ccc(F)nc1. The number of carbonyl (C=O) groups excluding carboxylic acids is 1. The largest absolute Gasteiger partial charge is 0.321 e. The molecule has 6 nitrogen and oxygen atoms in total. The first-order valence-corrected chi connectivity index (χ1v) is 7.38. The Morgan fingerprint density at radius 2 is 1.90 bits per heavy atom. The van der Waals surface area contributed by atoms with E-state index in [-0.39, 0.29) is 16.1 Å². The predicted octanol–water partition coefficient (Wildman–Crippen LogP) is 1.38. The third-order valence-corrected chi connectivity index (χ3v) is 4.16. The van der Waals surface area contributed by atoms with Crippen molar-refractivity contribution in [3.8, 4) is 0 Å². The second kappa shape index (κ2) is 5.98. The van der Waals surface area contributed by atoms with E-state index in [2.05, 4.69) is 15.0 Å². The molecule has 0 bridgehead atoms. The van der Waals surface area contributed by atoms with Gasteiger partial charge in [0.1, 0.15) is 4.90 Å². The number of nitrogens with zero attached hydrogens (tertiary/aromatic N) is 1. The molecule has 0 unspecified atom stereocenters. The van der Waals surface area contributed by atoms with E-state index in [1.54, 1.807) is 12.1 Å². The summed E-state index contributed by atoms with van der Waals surface area (Å²) in [5.74, 6) is -1.29. The minimum atomic E-state index is -3.70. The van der Waals surface area contributed by atoms with Crippen LogP contribution in [0, 0.1) is 5.95 Å². The van der Waals surface area contributed by atoms with Crippen molar-refractivity contribution in [2.45, 2.75) is 4.90 Å². The van der Waals surface area contributed by atoms with Crippen LogP contribution in [0.25, 0.3) is 0 Å². The highest BCUT2D eigenvalue weighted by Gasteiger charge is 2.18. The van der Waals surface area contributed by atoms with Crippen LogP contribution in [-0.2, 0) is 10.0 Å². The minimum Gasteiger partial charge on any atom is -0.321 e. The lowest BCUT2D eigenvalue weighted by Crippen LogP contribution is -2.21. The van der Waals surface area contributed by atoms with Crippen molar-refractivity contribution in [2.75, 3.05) is 12.4 Å². The van der Waals surface area contributed by atoms with Crippen LogP contribution in [0.2, 0.25) is 0 Å². The fourth-order valence-corrected chi connectivity index (χ4v) is 2.51. The van der Waals surface area contributed by atoms with Gasteiger partial charge in [0.05, 0.1) is 11.3 Å². The Hall–Kier alpha value is -2.32. The lowest BCUT2D eigenvalue weighted by atomic mass is 10.2. The first-order chi connectivity index (χ1) is 9.94. The number of hydrogen-bond acceptors (Lipinski definition) is 4. The number of carbonyl (C=O) groups is 1. The number of hydrogen-bond donors (Lipinski definition) is 2. The minimum absolute atomic E-state index is 0.0593. The molecule has 0 atom stereocenters. The number of benzene rings is 1. The number of rotatable bonds is 4. The van der Waals surface area contributed by atoms with Crippen LogP contribution in [0.4, 0.5) is 10.1 Å². The van der Waals surface area contributed by atoms with Gasteiger partial charge in [-0.15, -0.1) is 0 Å². The summed E-state index contributed by atoms with van der Waals surface area (Å²) in [5, 5.41) is 2.47. The number of sulfonamides is 1. The van der Waals surface area contributed by atoms with Crippen LogP contribution in [0.5, 0.6) is 0 Å². The molecule has 1 aromatic heterocycles.